The van der Waals surface area contributed by atoms with Gasteiger partial charge in [-0.1, -0.05) is 72.4 Å². The zero-order valence-corrected chi connectivity index (χ0v) is 15.7. The van der Waals surface area contributed by atoms with E-state index in [1.165, 1.54) is 37.1 Å². The van der Waals surface area contributed by atoms with Gasteiger partial charge in [-0.15, -0.1) is 10.2 Å². The molecule has 2 aromatic carbocycles. The molecule has 4 nitrogen and oxygen atoms in total. The van der Waals surface area contributed by atoms with Crippen LogP contribution >= 0.6 is 11.8 Å². The van der Waals surface area contributed by atoms with E-state index in [2.05, 4.69) is 80.3 Å². The molecule has 1 fully saturated rings. The molecule has 2 heterocycles. The van der Waals surface area contributed by atoms with Gasteiger partial charge in [-0.3, -0.25) is 4.90 Å². The summed E-state index contributed by atoms with van der Waals surface area (Å²) in [6.07, 6.45) is 2.59. The molecule has 0 atom stereocenters. The van der Waals surface area contributed by atoms with E-state index in [0.29, 0.717) is 0 Å². The SMILES string of the molecule is c1ccc(CSc2nnc(CN3CCCC3)n2Cc2ccccc2)cc1. The van der Waals surface area contributed by atoms with E-state index in [-0.39, 0.29) is 0 Å². The third-order valence-electron chi connectivity index (χ3n) is 4.75. The highest BCUT2D eigenvalue weighted by Crippen LogP contribution is 2.24. The zero-order chi connectivity index (χ0) is 17.6. The summed E-state index contributed by atoms with van der Waals surface area (Å²) >= 11 is 1.77. The van der Waals surface area contributed by atoms with Crippen molar-refractivity contribution < 1.29 is 0 Å². The van der Waals surface area contributed by atoms with Crippen molar-refractivity contribution in [2.75, 3.05) is 13.1 Å². The molecule has 134 valence electrons. The number of hydrogen-bond acceptors (Lipinski definition) is 4. The number of likely N-dealkylation sites (tertiary alicyclic amines) is 1. The fourth-order valence-corrected chi connectivity index (χ4v) is 4.24. The van der Waals surface area contributed by atoms with Crippen LogP contribution in [0.5, 0.6) is 0 Å². The predicted molar refractivity (Wildman–Crippen MR) is 106 cm³/mol. The fraction of sp³-hybridized carbons (Fsp3) is 0.333. The van der Waals surface area contributed by atoms with Crippen LogP contribution in [0.2, 0.25) is 0 Å². The van der Waals surface area contributed by atoms with Crippen molar-refractivity contribution in [3.05, 3.63) is 77.6 Å². The number of nitrogens with zero attached hydrogens (tertiary/aromatic N) is 4. The van der Waals surface area contributed by atoms with Crippen molar-refractivity contribution in [1.82, 2.24) is 19.7 Å². The van der Waals surface area contributed by atoms with Crippen LogP contribution in [0.15, 0.2) is 65.8 Å². The van der Waals surface area contributed by atoms with E-state index in [1.54, 1.807) is 11.8 Å². The summed E-state index contributed by atoms with van der Waals surface area (Å²) in [5.74, 6) is 1.99. The second kappa shape index (κ2) is 8.52. The summed E-state index contributed by atoms with van der Waals surface area (Å²) < 4.78 is 2.29. The monoisotopic (exact) mass is 364 g/mol. The molecule has 5 heteroatoms. The molecule has 1 aromatic heterocycles. The van der Waals surface area contributed by atoms with Crippen LogP contribution in [-0.4, -0.2) is 32.8 Å². The molecule has 3 aromatic rings. The van der Waals surface area contributed by atoms with Gasteiger partial charge in [0.05, 0.1) is 13.1 Å². The Morgan fingerprint density at radius 2 is 1.42 bits per heavy atom. The average Bonchev–Trinajstić information content (AvgIpc) is 3.33. The smallest absolute Gasteiger partial charge is 0.191 e. The van der Waals surface area contributed by atoms with Crippen molar-refractivity contribution in [3.8, 4) is 0 Å². The minimum Gasteiger partial charge on any atom is -0.300 e. The molecule has 1 aliphatic heterocycles. The molecular weight excluding hydrogens is 340 g/mol. The van der Waals surface area contributed by atoms with Gasteiger partial charge in [-0.25, -0.2) is 0 Å². The Morgan fingerprint density at radius 1 is 0.769 bits per heavy atom. The summed E-state index contributed by atoms with van der Waals surface area (Å²) in [6.45, 7) is 4.06. The first-order valence-corrected chi connectivity index (χ1v) is 10.2. The van der Waals surface area contributed by atoms with Gasteiger partial charge in [0.15, 0.2) is 5.16 Å². The number of benzene rings is 2. The van der Waals surface area contributed by atoms with Crippen LogP contribution < -0.4 is 0 Å². The van der Waals surface area contributed by atoms with Crippen LogP contribution in [0.1, 0.15) is 29.8 Å². The van der Waals surface area contributed by atoms with Gasteiger partial charge in [0.1, 0.15) is 5.82 Å². The Balaban J connectivity index is 1.54. The van der Waals surface area contributed by atoms with Gasteiger partial charge in [0.25, 0.3) is 0 Å². The Bertz CT molecular complexity index is 811. The molecule has 1 saturated heterocycles. The second-order valence-corrected chi connectivity index (χ2v) is 7.67. The van der Waals surface area contributed by atoms with Crippen molar-refractivity contribution >= 4 is 11.8 Å². The van der Waals surface area contributed by atoms with E-state index < -0.39 is 0 Å². The molecule has 0 saturated carbocycles. The van der Waals surface area contributed by atoms with Gasteiger partial charge in [0.2, 0.25) is 0 Å². The van der Waals surface area contributed by atoms with Crippen molar-refractivity contribution in [2.24, 2.45) is 0 Å². The first kappa shape index (κ1) is 17.3. The number of hydrogen-bond donors (Lipinski definition) is 0. The van der Waals surface area contributed by atoms with Crippen molar-refractivity contribution in [3.63, 3.8) is 0 Å². The lowest BCUT2D eigenvalue weighted by molar-refractivity contribution is 0.316. The maximum Gasteiger partial charge on any atom is 0.191 e. The first-order chi connectivity index (χ1) is 12.9. The highest BCUT2D eigenvalue weighted by atomic mass is 32.2. The Kier molecular flexibility index (Phi) is 5.67. The van der Waals surface area contributed by atoms with Crippen LogP contribution in [0, 0.1) is 0 Å². The Hall–Kier alpha value is -2.11. The molecule has 0 amide bonds. The molecular formula is C21H24N4S. The molecule has 0 spiro atoms. The van der Waals surface area contributed by atoms with E-state index in [9.17, 15) is 0 Å². The van der Waals surface area contributed by atoms with Crippen molar-refractivity contribution in [2.45, 2.75) is 36.8 Å². The average molecular weight is 365 g/mol. The molecule has 0 N–H and O–H groups in total. The van der Waals surface area contributed by atoms with E-state index in [4.69, 9.17) is 0 Å². The maximum atomic E-state index is 4.54. The van der Waals surface area contributed by atoms with Crippen LogP contribution in [0.4, 0.5) is 0 Å². The third kappa shape index (κ3) is 4.34. The van der Waals surface area contributed by atoms with Gasteiger partial charge >= 0.3 is 0 Å². The fourth-order valence-electron chi connectivity index (χ4n) is 3.33. The lowest BCUT2D eigenvalue weighted by atomic mass is 10.2. The molecule has 4 rings (SSSR count). The zero-order valence-electron chi connectivity index (χ0n) is 14.9. The molecule has 0 unspecified atom stereocenters. The Morgan fingerprint density at radius 3 is 2.12 bits per heavy atom. The van der Waals surface area contributed by atoms with Crippen LogP contribution in [0.25, 0.3) is 0 Å². The lowest BCUT2D eigenvalue weighted by Crippen LogP contribution is -2.21. The normalized spacial score (nSPS) is 14.8. The molecule has 26 heavy (non-hydrogen) atoms. The van der Waals surface area contributed by atoms with Gasteiger partial charge < -0.3 is 4.57 Å². The summed E-state index contributed by atoms with van der Waals surface area (Å²) in [6, 6.07) is 21.1. The van der Waals surface area contributed by atoms with Gasteiger partial charge in [-0.05, 0) is 37.1 Å². The summed E-state index contributed by atoms with van der Waals surface area (Å²) in [7, 11) is 0. The van der Waals surface area contributed by atoms with Crippen LogP contribution in [0.3, 0.4) is 0 Å². The minimum absolute atomic E-state index is 0.828. The topological polar surface area (TPSA) is 34.0 Å². The quantitative estimate of drug-likeness (QED) is 0.588. The molecule has 0 bridgehead atoms. The second-order valence-electron chi connectivity index (χ2n) is 6.73. The summed E-state index contributed by atoms with van der Waals surface area (Å²) in [5, 5.41) is 10.1. The highest BCUT2D eigenvalue weighted by molar-refractivity contribution is 7.98. The number of aromatic nitrogens is 3. The van der Waals surface area contributed by atoms with Crippen molar-refractivity contribution in [1.29, 1.82) is 0 Å². The van der Waals surface area contributed by atoms with E-state index in [1.807, 2.05) is 0 Å². The number of thioether (sulfide) groups is 1. The predicted octanol–water partition coefficient (Wildman–Crippen LogP) is 4.21. The number of rotatable bonds is 7. The minimum atomic E-state index is 0.828. The molecule has 1 aliphatic rings. The first-order valence-electron chi connectivity index (χ1n) is 9.23. The molecule has 0 radical (unpaired) electrons. The van der Waals surface area contributed by atoms with Crippen LogP contribution in [-0.2, 0) is 18.8 Å². The largest absolute Gasteiger partial charge is 0.300 e. The third-order valence-corrected chi connectivity index (χ3v) is 5.79. The van der Waals surface area contributed by atoms with E-state index in [0.717, 1.165) is 29.8 Å². The lowest BCUT2D eigenvalue weighted by Gasteiger charge is -2.16. The summed E-state index contributed by atoms with van der Waals surface area (Å²) in [5.41, 5.74) is 2.60. The summed E-state index contributed by atoms with van der Waals surface area (Å²) in [4.78, 5) is 2.48. The molecule has 0 aliphatic carbocycles. The Labute approximate surface area is 159 Å². The highest BCUT2D eigenvalue weighted by Gasteiger charge is 2.18. The maximum absolute atomic E-state index is 4.54. The van der Waals surface area contributed by atoms with Gasteiger partial charge in [-0.2, -0.15) is 0 Å². The van der Waals surface area contributed by atoms with Gasteiger partial charge in [0, 0.05) is 5.75 Å². The van der Waals surface area contributed by atoms with E-state index >= 15 is 0 Å². The standard InChI is InChI=1S/C21H24N4S/c1-3-9-18(10-4-1)15-25-20(16-24-13-7-8-14-24)22-23-21(25)26-17-19-11-5-2-6-12-19/h1-6,9-12H,7-8,13-17H2.